The number of ether oxygens (including phenoxy) is 3. The molecule has 8 nitrogen and oxygen atoms in total. The lowest BCUT2D eigenvalue weighted by molar-refractivity contribution is 0.0758. The van der Waals surface area contributed by atoms with Crippen molar-refractivity contribution >= 4 is 15.9 Å². The Morgan fingerprint density at radius 2 is 1.55 bits per heavy atom. The highest BCUT2D eigenvalue weighted by Gasteiger charge is 2.26. The third-order valence-corrected chi connectivity index (χ3v) is 7.38. The minimum absolute atomic E-state index is 0.00446. The van der Waals surface area contributed by atoms with E-state index in [1.54, 1.807) is 37.1 Å². The number of carbonyl (C=O) groups excluding carboxylic acids is 1. The van der Waals surface area contributed by atoms with Crippen molar-refractivity contribution in [3.63, 3.8) is 0 Å². The van der Waals surface area contributed by atoms with E-state index >= 15 is 0 Å². The summed E-state index contributed by atoms with van der Waals surface area (Å²) in [6.45, 7) is 3.04. The minimum atomic E-state index is -3.94. The number of methoxy groups -OCH3 is 3. The number of likely N-dealkylation sites (tertiary alicyclic amines) is 1. The second-order valence-corrected chi connectivity index (χ2v) is 9.73. The molecule has 0 bridgehead atoms. The molecule has 0 spiro atoms. The van der Waals surface area contributed by atoms with Gasteiger partial charge in [-0.3, -0.25) is 4.79 Å². The van der Waals surface area contributed by atoms with Crippen LogP contribution in [0.25, 0.3) is 0 Å². The van der Waals surface area contributed by atoms with Gasteiger partial charge in [0.15, 0.2) is 0 Å². The number of rotatable bonds is 8. The topological polar surface area (TPSA) is 94.2 Å². The molecule has 0 saturated carbocycles. The van der Waals surface area contributed by atoms with E-state index in [9.17, 15) is 13.2 Å². The average molecular weight is 477 g/mol. The van der Waals surface area contributed by atoms with Gasteiger partial charge in [-0.05, 0) is 56.2 Å². The second-order valence-electron chi connectivity index (χ2n) is 8.02. The summed E-state index contributed by atoms with van der Waals surface area (Å²) in [7, 11) is 0.593. The van der Waals surface area contributed by atoms with Gasteiger partial charge in [-0.15, -0.1) is 0 Å². The van der Waals surface area contributed by atoms with E-state index in [2.05, 4.69) is 4.72 Å². The predicted octanol–water partition coefficient (Wildman–Crippen LogP) is 3.77. The second kappa shape index (κ2) is 10.9. The highest BCUT2D eigenvalue weighted by atomic mass is 32.2. The van der Waals surface area contributed by atoms with Gasteiger partial charge in [0, 0.05) is 24.7 Å². The maximum Gasteiger partial charge on any atom is 0.257 e. The lowest BCUT2D eigenvalue weighted by Gasteiger charge is -2.22. The standard InChI is InChI=1S/C24H32N2O6S/c1-17(20-15-18(30-2)9-11-22(20)31-3)25-33(28,29)19-10-12-23(32-4)21(16-19)24(27)26-13-7-5-6-8-14-26/h9-12,15-17,25H,5-8,13-14H2,1-4H3/t17-/m0/s1. The van der Waals surface area contributed by atoms with Crippen molar-refractivity contribution in [2.45, 2.75) is 43.5 Å². The summed E-state index contributed by atoms with van der Waals surface area (Å²) in [6, 6.07) is 8.95. The van der Waals surface area contributed by atoms with Gasteiger partial charge in [0.1, 0.15) is 17.2 Å². The van der Waals surface area contributed by atoms with E-state index in [1.165, 1.54) is 32.4 Å². The van der Waals surface area contributed by atoms with Crippen LogP contribution in [-0.2, 0) is 10.0 Å². The molecule has 0 aliphatic carbocycles. The Balaban J connectivity index is 1.90. The molecule has 0 radical (unpaired) electrons. The van der Waals surface area contributed by atoms with Gasteiger partial charge >= 0.3 is 0 Å². The Kier molecular flexibility index (Phi) is 8.20. The van der Waals surface area contributed by atoms with E-state index in [-0.39, 0.29) is 16.4 Å². The van der Waals surface area contributed by atoms with Crippen LogP contribution in [0.15, 0.2) is 41.3 Å². The third kappa shape index (κ3) is 5.78. The van der Waals surface area contributed by atoms with Crippen molar-refractivity contribution in [2.24, 2.45) is 0 Å². The molecule has 1 aliphatic rings. The fraction of sp³-hybridized carbons (Fsp3) is 0.458. The van der Waals surface area contributed by atoms with E-state index in [0.29, 0.717) is 35.9 Å². The smallest absolute Gasteiger partial charge is 0.257 e. The first-order valence-corrected chi connectivity index (χ1v) is 12.5. The van der Waals surface area contributed by atoms with Crippen LogP contribution in [0.5, 0.6) is 17.2 Å². The minimum Gasteiger partial charge on any atom is -0.497 e. The molecule has 180 valence electrons. The molecule has 33 heavy (non-hydrogen) atoms. The molecule has 1 atom stereocenters. The van der Waals surface area contributed by atoms with Crippen LogP contribution >= 0.6 is 0 Å². The first kappa shape index (κ1) is 24.9. The number of benzene rings is 2. The first-order valence-electron chi connectivity index (χ1n) is 11.0. The molecule has 2 aromatic carbocycles. The van der Waals surface area contributed by atoms with Gasteiger partial charge in [0.2, 0.25) is 10.0 Å². The summed E-state index contributed by atoms with van der Waals surface area (Å²) in [5.74, 6) is 1.27. The molecule has 2 aromatic rings. The summed E-state index contributed by atoms with van der Waals surface area (Å²) in [5.41, 5.74) is 0.878. The van der Waals surface area contributed by atoms with Crippen molar-refractivity contribution in [1.82, 2.24) is 9.62 Å². The summed E-state index contributed by atoms with van der Waals surface area (Å²) >= 11 is 0. The lowest BCUT2D eigenvalue weighted by atomic mass is 10.1. The van der Waals surface area contributed by atoms with Crippen molar-refractivity contribution in [3.8, 4) is 17.2 Å². The normalized spacial score (nSPS) is 15.5. The van der Waals surface area contributed by atoms with Crippen molar-refractivity contribution in [3.05, 3.63) is 47.5 Å². The number of sulfonamides is 1. The van der Waals surface area contributed by atoms with Crippen molar-refractivity contribution in [2.75, 3.05) is 34.4 Å². The predicted molar refractivity (Wildman–Crippen MR) is 126 cm³/mol. The van der Waals surface area contributed by atoms with Crippen LogP contribution in [0.2, 0.25) is 0 Å². The Morgan fingerprint density at radius 1 is 0.909 bits per heavy atom. The van der Waals surface area contributed by atoms with Crippen LogP contribution in [0.1, 0.15) is 54.6 Å². The van der Waals surface area contributed by atoms with Gasteiger partial charge in [0.25, 0.3) is 5.91 Å². The van der Waals surface area contributed by atoms with Crippen LogP contribution in [0.4, 0.5) is 0 Å². The molecule has 1 N–H and O–H groups in total. The SMILES string of the molecule is COc1ccc(OC)c([C@H](C)NS(=O)(=O)c2ccc(OC)c(C(=O)N3CCCCCC3)c2)c1. The monoisotopic (exact) mass is 476 g/mol. The van der Waals surface area contributed by atoms with Crippen LogP contribution in [-0.4, -0.2) is 53.6 Å². The van der Waals surface area contributed by atoms with Crippen molar-refractivity contribution in [1.29, 1.82) is 0 Å². The van der Waals surface area contributed by atoms with Crippen molar-refractivity contribution < 1.29 is 27.4 Å². The Bertz CT molecular complexity index is 1080. The van der Waals surface area contributed by atoms with Crippen LogP contribution in [0, 0.1) is 0 Å². The average Bonchev–Trinajstić information content (AvgIpc) is 3.12. The van der Waals surface area contributed by atoms with E-state index < -0.39 is 16.1 Å². The maximum absolute atomic E-state index is 13.2. The number of carbonyl (C=O) groups is 1. The van der Waals surface area contributed by atoms with E-state index in [1.807, 2.05) is 0 Å². The zero-order chi connectivity index (χ0) is 24.0. The third-order valence-electron chi connectivity index (χ3n) is 5.84. The highest BCUT2D eigenvalue weighted by Crippen LogP contribution is 2.31. The molecule has 3 rings (SSSR count). The number of nitrogens with one attached hydrogen (secondary N) is 1. The Morgan fingerprint density at radius 3 is 2.15 bits per heavy atom. The zero-order valence-corrected chi connectivity index (χ0v) is 20.4. The fourth-order valence-electron chi connectivity index (χ4n) is 4.01. The van der Waals surface area contributed by atoms with Gasteiger partial charge in [-0.2, -0.15) is 0 Å². The van der Waals surface area contributed by atoms with E-state index in [4.69, 9.17) is 14.2 Å². The Hall–Kier alpha value is -2.78. The van der Waals surface area contributed by atoms with Crippen LogP contribution in [0.3, 0.4) is 0 Å². The fourth-order valence-corrected chi connectivity index (χ4v) is 5.26. The molecule has 1 aliphatic heterocycles. The van der Waals surface area contributed by atoms with E-state index in [0.717, 1.165) is 25.7 Å². The van der Waals surface area contributed by atoms with Gasteiger partial charge < -0.3 is 19.1 Å². The Labute approximate surface area is 195 Å². The molecular formula is C24H32N2O6S. The summed E-state index contributed by atoms with van der Waals surface area (Å²) < 4.78 is 45.2. The van der Waals surface area contributed by atoms with Crippen LogP contribution < -0.4 is 18.9 Å². The quantitative estimate of drug-likeness (QED) is 0.623. The molecule has 1 heterocycles. The molecule has 9 heteroatoms. The highest BCUT2D eigenvalue weighted by molar-refractivity contribution is 7.89. The van der Waals surface area contributed by atoms with Gasteiger partial charge in [0.05, 0.1) is 31.8 Å². The zero-order valence-electron chi connectivity index (χ0n) is 19.6. The number of hydrogen-bond acceptors (Lipinski definition) is 6. The molecule has 0 aromatic heterocycles. The van der Waals surface area contributed by atoms with Gasteiger partial charge in [-0.25, -0.2) is 13.1 Å². The van der Waals surface area contributed by atoms with Gasteiger partial charge in [-0.1, -0.05) is 12.8 Å². The largest absolute Gasteiger partial charge is 0.497 e. The number of nitrogens with zero attached hydrogens (tertiary/aromatic N) is 1. The summed E-state index contributed by atoms with van der Waals surface area (Å²) in [4.78, 5) is 15.0. The molecule has 1 amide bonds. The molecule has 1 saturated heterocycles. The molecule has 0 unspecified atom stereocenters. The maximum atomic E-state index is 13.2. The first-order chi connectivity index (χ1) is 15.8. The number of amides is 1. The molecule has 1 fully saturated rings. The summed E-state index contributed by atoms with van der Waals surface area (Å²) in [6.07, 6.45) is 4.05. The number of hydrogen-bond donors (Lipinski definition) is 1. The lowest BCUT2D eigenvalue weighted by Crippen LogP contribution is -2.32. The summed E-state index contributed by atoms with van der Waals surface area (Å²) in [5, 5.41) is 0. The molecular weight excluding hydrogens is 444 g/mol.